The molecule has 0 saturated carbocycles. The second kappa shape index (κ2) is 16.1. The Kier molecular flexibility index (Phi) is 11.7. The summed E-state index contributed by atoms with van der Waals surface area (Å²) in [5, 5.41) is 14.5. The lowest BCUT2D eigenvalue weighted by Crippen LogP contribution is -2.55. The molecule has 5 amide bonds. The van der Waals surface area contributed by atoms with E-state index in [0.29, 0.717) is 18.3 Å². The van der Waals surface area contributed by atoms with Gasteiger partial charge in [-0.2, -0.15) is 0 Å². The first kappa shape index (κ1) is 32.7. The van der Waals surface area contributed by atoms with Gasteiger partial charge in [-0.05, 0) is 62.2 Å². The largest absolute Gasteiger partial charge is 0.350 e. The maximum absolute atomic E-state index is 13.3. The first-order chi connectivity index (χ1) is 21.7. The summed E-state index contributed by atoms with van der Waals surface area (Å²) in [4.78, 5) is 51.8. The summed E-state index contributed by atoms with van der Waals surface area (Å²) >= 11 is 0. The number of nitrogens with two attached hydrogens (primary N) is 1. The molecule has 11 nitrogen and oxygen atoms in total. The number of carbonyl (C=O) groups excluding carboxylic acids is 4. The van der Waals surface area contributed by atoms with Crippen molar-refractivity contribution in [2.24, 2.45) is 5.73 Å². The highest BCUT2D eigenvalue weighted by Crippen LogP contribution is 2.23. The molecule has 1 heterocycles. The Morgan fingerprint density at radius 1 is 0.778 bits per heavy atom. The van der Waals surface area contributed by atoms with Gasteiger partial charge in [0, 0.05) is 41.8 Å². The number of urea groups is 1. The minimum absolute atomic E-state index is 0.122. The molecule has 4 rings (SSSR count). The molecule has 0 aliphatic rings. The fraction of sp³-hybridized carbons (Fsp3) is 0.294. The Balaban J connectivity index is 1.32. The predicted octanol–water partition coefficient (Wildman–Crippen LogP) is 3.22. The molecule has 7 N–H and O–H groups in total. The monoisotopic (exact) mass is 611 g/mol. The molecule has 0 radical (unpaired) electrons. The van der Waals surface area contributed by atoms with E-state index in [4.69, 9.17) is 5.73 Å². The minimum atomic E-state index is -1.00. The lowest BCUT2D eigenvalue weighted by Gasteiger charge is -2.23. The van der Waals surface area contributed by atoms with Crippen LogP contribution >= 0.6 is 0 Å². The number of nitrogens with zero attached hydrogens (tertiary/aromatic N) is 1. The molecular weight excluding hydrogens is 570 g/mol. The third kappa shape index (κ3) is 9.67. The van der Waals surface area contributed by atoms with E-state index in [-0.39, 0.29) is 31.8 Å². The predicted molar refractivity (Wildman–Crippen MR) is 175 cm³/mol. The van der Waals surface area contributed by atoms with Crippen molar-refractivity contribution in [2.75, 3.05) is 18.4 Å². The van der Waals surface area contributed by atoms with E-state index >= 15 is 0 Å². The Hall–Kier alpha value is -5.16. The van der Waals surface area contributed by atoms with Crippen LogP contribution in [-0.4, -0.2) is 53.5 Å². The van der Waals surface area contributed by atoms with Crippen molar-refractivity contribution in [3.05, 3.63) is 102 Å². The molecule has 0 aliphatic heterocycles. The van der Waals surface area contributed by atoms with Crippen molar-refractivity contribution in [3.8, 4) is 0 Å². The zero-order valence-corrected chi connectivity index (χ0v) is 25.6. The molecule has 3 aromatic carbocycles. The number of anilines is 1. The van der Waals surface area contributed by atoms with Crippen molar-refractivity contribution < 1.29 is 19.2 Å². The van der Waals surface area contributed by atoms with Crippen LogP contribution in [0, 0.1) is 0 Å². The average molecular weight is 612 g/mol. The van der Waals surface area contributed by atoms with E-state index in [1.165, 1.54) is 0 Å². The fourth-order valence-electron chi connectivity index (χ4n) is 4.95. The Morgan fingerprint density at radius 3 is 2.13 bits per heavy atom. The smallest absolute Gasteiger partial charge is 0.319 e. The van der Waals surface area contributed by atoms with Crippen LogP contribution in [0.25, 0.3) is 10.9 Å². The third-order valence-corrected chi connectivity index (χ3v) is 7.28. The van der Waals surface area contributed by atoms with Gasteiger partial charge in [0.2, 0.25) is 17.7 Å². The van der Waals surface area contributed by atoms with Gasteiger partial charge in [-0.3, -0.25) is 14.4 Å². The topological polar surface area (TPSA) is 159 Å². The second-order valence-corrected chi connectivity index (χ2v) is 11.0. The quantitative estimate of drug-likeness (QED) is 0.129. The Bertz CT molecular complexity index is 1590. The molecular formula is C34H41N7O4. The minimum Gasteiger partial charge on any atom is -0.350 e. The van der Waals surface area contributed by atoms with Crippen LogP contribution in [0.1, 0.15) is 37.4 Å². The molecule has 0 saturated heterocycles. The molecule has 4 aromatic rings. The number of rotatable bonds is 14. The van der Waals surface area contributed by atoms with Crippen LogP contribution in [0.5, 0.6) is 0 Å². The van der Waals surface area contributed by atoms with Gasteiger partial charge in [0.05, 0.1) is 6.54 Å². The Morgan fingerprint density at radius 2 is 1.47 bits per heavy atom. The molecule has 45 heavy (non-hydrogen) atoms. The SMILES string of the molecule is CC(C)n1ccc2cc(NC(=O)NCC(=O)N[C@@H](CCN)C(=O)N[C@@H](Cc3ccccc3)C(=O)NCc3ccccc3)ccc21. The maximum Gasteiger partial charge on any atom is 0.319 e. The van der Waals surface area contributed by atoms with Crippen molar-refractivity contribution in [1.29, 1.82) is 0 Å². The second-order valence-electron chi connectivity index (χ2n) is 11.0. The van der Waals surface area contributed by atoms with E-state index in [2.05, 4.69) is 45.0 Å². The summed E-state index contributed by atoms with van der Waals surface area (Å²) in [6.45, 7) is 4.25. The summed E-state index contributed by atoms with van der Waals surface area (Å²) in [5.41, 5.74) is 9.17. The highest BCUT2D eigenvalue weighted by Gasteiger charge is 2.27. The highest BCUT2D eigenvalue weighted by atomic mass is 16.2. The molecule has 0 unspecified atom stereocenters. The maximum atomic E-state index is 13.3. The first-order valence-electron chi connectivity index (χ1n) is 15.0. The summed E-state index contributed by atoms with van der Waals surface area (Å²) in [7, 11) is 0. The molecule has 236 valence electrons. The van der Waals surface area contributed by atoms with Crippen LogP contribution in [-0.2, 0) is 27.3 Å². The van der Waals surface area contributed by atoms with E-state index in [1.807, 2.05) is 85.1 Å². The average Bonchev–Trinajstić information content (AvgIpc) is 3.47. The van der Waals surface area contributed by atoms with Gasteiger partial charge in [0.15, 0.2) is 0 Å². The zero-order valence-electron chi connectivity index (χ0n) is 25.6. The molecule has 2 atom stereocenters. The van der Waals surface area contributed by atoms with Gasteiger partial charge >= 0.3 is 6.03 Å². The van der Waals surface area contributed by atoms with E-state index < -0.39 is 29.9 Å². The van der Waals surface area contributed by atoms with Crippen LogP contribution in [0.4, 0.5) is 10.5 Å². The van der Waals surface area contributed by atoms with Crippen molar-refractivity contribution >= 4 is 40.3 Å². The van der Waals surface area contributed by atoms with Crippen LogP contribution in [0.3, 0.4) is 0 Å². The number of carbonyl (C=O) groups is 4. The first-order valence-corrected chi connectivity index (χ1v) is 15.0. The molecule has 0 aliphatic carbocycles. The summed E-state index contributed by atoms with van der Waals surface area (Å²) in [6, 6.07) is 24.2. The molecule has 11 heteroatoms. The number of aromatic nitrogens is 1. The third-order valence-electron chi connectivity index (χ3n) is 7.28. The summed E-state index contributed by atoms with van der Waals surface area (Å²) in [5.74, 6) is -1.47. The van der Waals surface area contributed by atoms with Gasteiger partial charge < -0.3 is 36.9 Å². The summed E-state index contributed by atoms with van der Waals surface area (Å²) < 4.78 is 2.14. The van der Waals surface area contributed by atoms with Crippen LogP contribution < -0.4 is 32.3 Å². The Labute approximate surface area is 262 Å². The van der Waals surface area contributed by atoms with E-state index in [9.17, 15) is 19.2 Å². The fourth-order valence-corrected chi connectivity index (χ4v) is 4.95. The van der Waals surface area contributed by atoms with Crippen LogP contribution in [0.2, 0.25) is 0 Å². The van der Waals surface area contributed by atoms with Gasteiger partial charge in [-0.15, -0.1) is 0 Å². The van der Waals surface area contributed by atoms with Gasteiger partial charge in [0.1, 0.15) is 12.1 Å². The van der Waals surface area contributed by atoms with Gasteiger partial charge in [-0.1, -0.05) is 60.7 Å². The number of hydrogen-bond donors (Lipinski definition) is 6. The van der Waals surface area contributed by atoms with Crippen LogP contribution in [0.15, 0.2) is 91.1 Å². The van der Waals surface area contributed by atoms with Crippen molar-refractivity contribution in [1.82, 2.24) is 25.8 Å². The molecule has 0 bridgehead atoms. The van der Waals surface area contributed by atoms with E-state index in [0.717, 1.165) is 22.0 Å². The summed E-state index contributed by atoms with van der Waals surface area (Å²) in [6.07, 6.45) is 2.40. The van der Waals surface area contributed by atoms with E-state index in [1.54, 1.807) is 6.07 Å². The van der Waals surface area contributed by atoms with Gasteiger partial charge in [-0.25, -0.2) is 4.79 Å². The molecule has 0 spiro atoms. The standard InChI is InChI=1S/C34H41N7O4/c1-23(2)41-18-16-26-20-27(13-14-30(26)41)38-34(45)37-22-31(42)39-28(15-17-35)33(44)40-29(19-24-9-5-3-6-10-24)32(43)36-21-25-11-7-4-8-12-25/h3-14,16,18,20,23,28-29H,15,17,19,21-22,35H2,1-2H3,(H,36,43)(H,39,42)(H,40,44)(H2,37,38,45)/t28-,29-/m0/s1. The number of fused-ring (bicyclic) bond motifs is 1. The normalized spacial score (nSPS) is 12.3. The molecule has 0 fully saturated rings. The van der Waals surface area contributed by atoms with Crippen molar-refractivity contribution in [2.45, 2.75) is 51.4 Å². The molecule has 1 aromatic heterocycles. The number of nitrogens with one attached hydrogen (secondary N) is 5. The highest BCUT2D eigenvalue weighted by molar-refractivity contribution is 5.96. The zero-order chi connectivity index (χ0) is 32.2. The lowest BCUT2D eigenvalue weighted by atomic mass is 10.0. The van der Waals surface area contributed by atoms with Crippen molar-refractivity contribution in [3.63, 3.8) is 0 Å². The lowest BCUT2D eigenvalue weighted by molar-refractivity contribution is -0.132. The van der Waals surface area contributed by atoms with Gasteiger partial charge in [0.25, 0.3) is 0 Å². The number of hydrogen-bond acceptors (Lipinski definition) is 5. The number of amides is 5. The number of benzene rings is 3.